The number of hydrogen-bond donors (Lipinski definition) is 0. The van der Waals surface area contributed by atoms with Crippen molar-refractivity contribution in [2.75, 3.05) is 0 Å². The second-order valence-corrected chi connectivity index (χ2v) is 6.51. The van der Waals surface area contributed by atoms with Crippen LogP contribution in [-0.4, -0.2) is 9.78 Å². The van der Waals surface area contributed by atoms with E-state index in [1.807, 2.05) is 29.1 Å². The van der Waals surface area contributed by atoms with Gasteiger partial charge in [0.2, 0.25) is 0 Å². The van der Waals surface area contributed by atoms with E-state index in [0.717, 1.165) is 17.5 Å². The molecule has 0 spiro atoms. The molecule has 2 aromatic rings. The summed E-state index contributed by atoms with van der Waals surface area (Å²) in [6.45, 7) is 2.37. The maximum atomic E-state index is 4.49. The smallest absolute Gasteiger partial charge is 0.0645 e. The fraction of sp³-hybridized carbons (Fsp3) is 0.438. The minimum atomic E-state index is 0.433. The van der Waals surface area contributed by atoms with E-state index in [0.29, 0.717) is 4.83 Å². The summed E-state index contributed by atoms with van der Waals surface area (Å²) < 4.78 is 1.96. The van der Waals surface area contributed by atoms with E-state index in [9.17, 15) is 0 Å². The highest BCUT2D eigenvalue weighted by Gasteiger charge is 2.30. The van der Waals surface area contributed by atoms with Crippen molar-refractivity contribution in [3.05, 3.63) is 48.3 Å². The normalized spacial score (nSPS) is 24.5. The van der Waals surface area contributed by atoms with Gasteiger partial charge in [-0.15, -0.1) is 0 Å². The van der Waals surface area contributed by atoms with Crippen LogP contribution < -0.4 is 0 Å². The minimum absolute atomic E-state index is 0.433. The second-order valence-electron chi connectivity index (χ2n) is 5.53. The fourth-order valence-electron chi connectivity index (χ4n) is 3.06. The lowest BCUT2D eigenvalue weighted by molar-refractivity contribution is 0.414. The Morgan fingerprint density at radius 2 is 2.05 bits per heavy atom. The molecule has 1 aromatic carbocycles. The van der Waals surface area contributed by atoms with Crippen molar-refractivity contribution in [2.24, 2.45) is 11.8 Å². The number of rotatable bonds is 3. The van der Waals surface area contributed by atoms with Crippen molar-refractivity contribution in [3.8, 4) is 5.69 Å². The predicted octanol–water partition coefficient (Wildman–Crippen LogP) is 4.74. The van der Waals surface area contributed by atoms with E-state index in [1.165, 1.54) is 24.8 Å². The topological polar surface area (TPSA) is 17.8 Å². The van der Waals surface area contributed by atoms with E-state index in [1.54, 1.807) is 0 Å². The molecular formula is C16H19BrN2. The van der Waals surface area contributed by atoms with E-state index >= 15 is 0 Å². The SMILES string of the molecule is CC1CCCC1C(Br)c1cnn(-c2ccccc2)c1. The summed E-state index contributed by atoms with van der Waals surface area (Å²) in [7, 11) is 0. The molecule has 3 heteroatoms. The Kier molecular flexibility index (Phi) is 3.74. The number of para-hydroxylation sites is 1. The summed E-state index contributed by atoms with van der Waals surface area (Å²) in [6.07, 6.45) is 8.20. The van der Waals surface area contributed by atoms with Crippen molar-refractivity contribution in [3.63, 3.8) is 0 Å². The summed E-state index contributed by atoms with van der Waals surface area (Å²) >= 11 is 3.89. The summed E-state index contributed by atoms with van der Waals surface area (Å²) in [5.41, 5.74) is 2.41. The van der Waals surface area contributed by atoms with E-state index < -0.39 is 0 Å². The van der Waals surface area contributed by atoms with Gasteiger partial charge >= 0.3 is 0 Å². The zero-order valence-corrected chi connectivity index (χ0v) is 12.8. The lowest BCUT2D eigenvalue weighted by Crippen LogP contribution is -2.10. The van der Waals surface area contributed by atoms with Crippen molar-refractivity contribution < 1.29 is 0 Å². The first-order valence-electron chi connectivity index (χ1n) is 7.00. The van der Waals surface area contributed by atoms with Gasteiger partial charge in [-0.05, 0) is 30.4 Å². The fourth-order valence-corrected chi connectivity index (χ4v) is 4.08. The van der Waals surface area contributed by atoms with Gasteiger partial charge in [0.25, 0.3) is 0 Å². The van der Waals surface area contributed by atoms with Gasteiger partial charge in [0, 0.05) is 16.6 Å². The number of nitrogens with zero attached hydrogens (tertiary/aromatic N) is 2. The van der Waals surface area contributed by atoms with Gasteiger partial charge in [-0.2, -0.15) is 5.10 Å². The van der Waals surface area contributed by atoms with Crippen LogP contribution in [0, 0.1) is 11.8 Å². The number of aromatic nitrogens is 2. The summed E-state index contributed by atoms with van der Waals surface area (Å²) in [5.74, 6) is 1.55. The quantitative estimate of drug-likeness (QED) is 0.747. The van der Waals surface area contributed by atoms with Crippen LogP contribution in [0.2, 0.25) is 0 Å². The van der Waals surface area contributed by atoms with Crippen LogP contribution in [-0.2, 0) is 0 Å². The van der Waals surface area contributed by atoms with E-state index in [4.69, 9.17) is 0 Å². The van der Waals surface area contributed by atoms with Gasteiger partial charge in [0.15, 0.2) is 0 Å². The van der Waals surface area contributed by atoms with Crippen molar-refractivity contribution >= 4 is 15.9 Å². The molecule has 0 bridgehead atoms. The molecular weight excluding hydrogens is 300 g/mol. The standard InChI is InChI=1S/C16H19BrN2/c1-12-6-5-9-15(12)16(17)13-10-18-19(11-13)14-7-3-2-4-8-14/h2-4,7-8,10-12,15-16H,5-6,9H2,1H3. The highest BCUT2D eigenvalue weighted by atomic mass is 79.9. The average Bonchev–Trinajstić information content (AvgIpc) is 3.08. The Morgan fingerprint density at radius 1 is 1.26 bits per heavy atom. The monoisotopic (exact) mass is 318 g/mol. The van der Waals surface area contributed by atoms with Crippen LogP contribution in [0.15, 0.2) is 42.7 Å². The average molecular weight is 319 g/mol. The number of benzene rings is 1. The Bertz CT molecular complexity index is 535. The van der Waals surface area contributed by atoms with Crippen LogP contribution in [0.4, 0.5) is 0 Å². The third-order valence-corrected chi connectivity index (χ3v) is 5.45. The first kappa shape index (κ1) is 12.9. The van der Waals surface area contributed by atoms with Crippen LogP contribution in [0.25, 0.3) is 5.69 Å². The van der Waals surface area contributed by atoms with Crippen molar-refractivity contribution in [1.82, 2.24) is 9.78 Å². The zero-order valence-electron chi connectivity index (χ0n) is 11.2. The molecule has 0 radical (unpaired) electrons. The molecule has 3 unspecified atom stereocenters. The van der Waals surface area contributed by atoms with Crippen LogP contribution in [0.5, 0.6) is 0 Å². The van der Waals surface area contributed by atoms with Gasteiger partial charge in [0.05, 0.1) is 11.9 Å². The molecule has 1 heterocycles. The Balaban J connectivity index is 1.81. The molecule has 3 atom stereocenters. The highest BCUT2D eigenvalue weighted by Crippen LogP contribution is 2.44. The van der Waals surface area contributed by atoms with Gasteiger partial charge in [-0.3, -0.25) is 0 Å². The van der Waals surface area contributed by atoms with Gasteiger partial charge in [-0.25, -0.2) is 4.68 Å². The zero-order chi connectivity index (χ0) is 13.2. The number of halogens is 1. The lowest BCUT2D eigenvalue weighted by atomic mass is 9.92. The van der Waals surface area contributed by atoms with E-state index in [-0.39, 0.29) is 0 Å². The summed E-state index contributed by atoms with van der Waals surface area (Å²) in [4.78, 5) is 0.433. The molecule has 19 heavy (non-hydrogen) atoms. The third kappa shape index (κ3) is 2.62. The second kappa shape index (κ2) is 5.49. The Morgan fingerprint density at radius 3 is 2.74 bits per heavy atom. The molecule has 2 nitrogen and oxygen atoms in total. The van der Waals surface area contributed by atoms with Gasteiger partial charge in [0.1, 0.15) is 0 Å². The molecule has 1 aliphatic rings. The molecule has 0 amide bonds. The number of hydrogen-bond acceptors (Lipinski definition) is 1. The molecule has 0 N–H and O–H groups in total. The molecule has 0 aliphatic heterocycles. The lowest BCUT2D eigenvalue weighted by Gasteiger charge is -2.20. The molecule has 1 aliphatic carbocycles. The Hall–Kier alpha value is -1.09. The molecule has 1 saturated carbocycles. The molecule has 3 rings (SSSR count). The van der Waals surface area contributed by atoms with E-state index in [2.05, 4.69) is 46.3 Å². The van der Waals surface area contributed by atoms with Crippen molar-refractivity contribution in [2.45, 2.75) is 31.0 Å². The van der Waals surface area contributed by atoms with Gasteiger partial charge in [-0.1, -0.05) is 53.9 Å². The largest absolute Gasteiger partial charge is 0.241 e. The molecule has 0 saturated heterocycles. The maximum absolute atomic E-state index is 4.49. The minimum Gasteiger partial charge on any atom is -0.241 e. The number of alkyl halides is 1. The van der Waals surface area contributed by atoms with Crippen LogP contribution in [0.1, 0.15) is 36.6 Å². The van der Waals surface area contributed by atoms with Gasteiger partial charge < -0.3 is 0 Å². The van der Waals surface area contributed by atoms with Crippen molar-refractivity contribution in [1.29, 1.82) is 0 Å². The third-order valence-electron chi connectivity index (χ3n) is 4.25. The van der Waals surface area contributed by atoms with Crippen LogP contribution >= 0.6 is 15.9 Å². The Labute approximate surface area is 123 Å². The maximum Gasteiger partial charge on any atom is 0.0645 e. The molecule has 100 valence electrons. The highest BCUT2D eigenvalue weighted by molar-refractivity contribution is 9.09. The summed E-state index contributed by atoms with van der Waals surface area (Å²) in [6, 6.07) is 10.3. The molecule has 1 fully saturated rings. The predicted molar refractivity (Wildman–Crippen MR) is 81.7 cm³/mol. The first-order chi connectivity index (χ1) is 9.25. The molecule has 1 aromatic heterocycles. The van der Waals surface area contributed by atoms with Crippen LogP contribution in [0.3, 0.4) is 0 Å². The first-order valence-corrected chi connectivity index (χ1v) is 7.91. The summed E-state index contributed by atoms with van der Waals surface area (Å²) in [5, 5.41) is 4.49.